The standard InChI is InChI=1S/C16H16BrN3O4S2/c1-23-6-7-24-12-5-4-10(9-11(12)17)14(21)18-16(25)20-19-15(22)13-3-2-8-26-13/h2-5,8-9H,6-7H2,1H3,(H,19,22)(H2,18,20,21,25). The summed E-state index contributed by atoms with van der Waals surface area (Å²) in [4.78, 5) is 24.5. The van der Waals surface area contributed by atoms with E-state index in [-0.39, 0.29) is 11.0 Å². The van der Waals surface area contributed by atoms with E-state index in [4.69, 9.17) is 21.7 Å². The van der Waals surface area contributed by atoms with E-state index in [1.807, 2.05) is 0 Å². The Bertz CT molecular complexity index is 784. The lowest BCUT2D eigenvalue weighted by molar-refractivity contribution is 0.0938. The first-order valence-corrected chi connectivity index (χ1v) is 9.46. The second-order valence-electron chi connectivity index (χ2n) is 4.83. The number of nitrogens with one attached hydrogen (secondary N) is 3. The number of carbonyl (C=O) groups is 2. The first-order valence-electron chi connectivity index (χ1n) is 7.37. The number of thiophene rings is 1. The molecule has 2 aromatic rings. The van der Waals surface area contributed by atoms with Gasteiger partial charge in [0.2, 0.25) is 0 Å². The number of carbonyl (C=O) groups excluding carboxylic acids is 2. The van der Waals surface area contributed by atoms with Crippen LogP contribution < -0.4 is 20.9 Å². The number of thiocarbonyl (C=S) groups is 1. The fourth-order valence-corrected chi connectivity index (χ4v) is 3.04. The maximum Gasteiger partial charge on any atom is 0.279 e. The quantitative estimate of drug-likeness (QED) is 0.350. The molecule has 1 aromatic carbocycles. The summed E-state index contributed by atoms with van der Waals surface area (Å²) in [6.45, 7) is 0.865. The Labute approximate surface area is 168 Å². The zero-order chi connectivity index (χ0) is 18.9. The fourth-order valence-electron chi connectivity index (χ4n) is 1.78. The van der Waals surface area contributed by atoms with Gasteiger partial charge in [-0.2, -0.15) is 0 Å². The zero-order valence-electron chi connectivity index (χ0n) is 13.7. The summed E-state index contributed by atoms with van der Waals surface area (Å²) in [5.41, 5.74) is 5.28. The average molecular weight is 458 g/mol. The average Bonchev–Trinajstić information content (AvgIpc) is 3.16. The van der Waals surface area contributed by atoms with Gasteiger partial charge in [-0.25, -0.2) is 0 Å². The van der Waals surface area contributed by atoms with Crippen molar-refractivity contribution in [3.63, 3.8) is 0 Å². The van der Waals surface area contributed by atoms with Crippen LogP contribution in [0.4, 0.5) is 0 Å². The summed E-state index contributed by atoms with van der Waals surface area (Å²) in [7, 11) is 1.59. The van der Waals surface area contributed by atoms with E-state index in [1.54, 1.807) is 42.8 Å². The van der Waals surface area contributed by atoms with Crippen LogP contribution in [0.25, 0.3) is 0 Å². The number of methoxy groups -OCH3 is 1. The minimum atomic E-state index is -0.419. The smallest absolute Gasteiger partial charge is 0.279 e. The fraction of sp³-hybridized carbons (Fsp3) is 0.188. The van der Waals surface area contributed by atoms with Crippen molar-refractivity contribution >= 4 is 56.4 Å². The van der Waals surface area contributed by atoms with Gasteiger partial charge < -0.3 is 9.47 Å². The van der Waals surface area contributed by atoms with Crippen molar-refractivity contribution in [1.82, 2.24) is 16.2 Å². The largest absolute Gasteiger partial charge is 0.490 e. The lowest BCUT2D eigenvalue weighted by Gasteiger charge is -2.11. The number of hydrogen-bond donors (Lipinski definition) is 3. The zero-order valence-corrected chi connectivity index (χ0v) is 16.9. The highest BCUT2D eigenvalue weighted by Crippen LogP contribution is 2.26. The first-order chi connectivity index (χ1) is 12.5. The van der Waals surface area contributed by atoms with Crippen molar-refractivity contribution in [2.45, 2.75) is 0 Å². The van der Waals surface area contributed by atoms with Gasteiger partial charge in [-0.3, -0.25) is 25.8 Å². The molecule has 0 atom stereocenters. The van der Waals surface area contributed by atoms with Gasteiger partial charge in [0.15, 0.2) is 5.11 Å². The molecule has 0 fully saturated rings. The van der Waals surface area contributed by atoms with Gasteiger partial charge in [0.1, 0.15) is 12.4 Å². The highest BCUT2D eigenvalue weighted by atomic mass is 79.9. The molecule has 1 heterocycles. The van der Waals surface area contributed by atoms with Gasteiger partial charge in [-0.05, 0) is 57.8 Å². The number of rotatable bonds is 6. The number of hydrogen-bond acceptors (Lipinski definition) is 6. The number of amides is 2. The van der Waals surface area contributed by atoms with Gasteiger partial charge >= 0.3 is 0 Å². The molecule has 0 unspecified atom stereocenters. The summed E-state index contributed by atoms with van der Waals surface area (Å²) in [6, 6.07) is 8.33. The number of benzene rings is 1. The first kappa shape index (κ1) is 20.3. The predicted molar refractivity (Wildman–Crippen MR) is 106 cm³/mol. The highest BCUT2D eigenvalue weighted by Gasteiger charge is 2.12. The second-order valence-corrected chi connectivity index (χ2v) is 7.04. The van der Waals surface area contributed by atoms with Crippen LogP contribution in [0.1, 0.15) is 20.0 Å². The second kappa shape index (κ2) is 10.2. The van der Waals surface area contributed by atoms with Gasteiger partial charge in [-0.1, -0.05) is 6.07 Å². The van der Waals surface area contributed by atoms with Crippen LogP contribution in [0.5, 0.6) is 5.75 Å². The van der Waals surface area contributed by atoms with Crippen LogP contribution in [-0.4, -0.2) is 37.3 Å². The summed E-state index contributed by atoms with van der Waals surface area (Å²) < 4.78 is 11.1. The maximum atomic E-state index is 12.2. The van der Waals surface area contributed by atoms with E-state index in [2.05, 4.69) is 32.1 Å². The molecule has 0 aliphatic rings. The van der Waals surface area contributed by atoms with Crippen molar-refractivity contribution < 1.29 is 19.1 Å². The van der Waals surface area contributed by atoms with Crippen LogP contribution >= 0.6 is 39.5 Å². The van der Waals surface area contributed by atoms with Crippen LogP contribution in [0.3, 0.4) is 0 Å². The molecule has 26 heavy (non-hydrogen) atoms. The third-order valence-corrected chi connectivity index (χ3v) is 4.69. The normalized spacial score (nSPS) is 10.1. The molecule has 2 amide bonds. The molecular weight excluding hydrogens is 442 g/mol. The summed E-state index contributed by atoms with van der Waals surface area (Å²) in [5.74, 6) is -0.156. The van der Waals surface area contributed by atoms with Crippen LogP contribution in [0, 0.1) is 0 Å². The number of hydrazine groups is 1. The van der Waals surface area contributed by atoms with Gasteiger partial charge in [0, 0.05) is 12.7 Å². The van der Waals surface area contributed by atoms with E-state index >= 15 is 0 Å². The lowest BCUT2D eigenvalue weighted by Crippen LogP contribution is -2.48. The molecule has 1 aromatic heterocycles. The van der Waals surface area contributed by atoms with Gasteiger partial charge in [0.05, 0.1) is 16.0 Å². The monoisotopic (exact) mass is 457 g/mol. The topological polar surface area (TPSA) is 88.7 Å². The van der Waals surface area contributed by atoms with Crippen molar-refractivity contribution in [3.05, 3.63) is 50.6 Å². The minimum Gasteiger partial charge on any atom is -0.490 e. The Morgan fingerprint density at radius 3 is 2.65 bits per heavy atom. The molecule has 0 radical (unpaired) electrons. The molecule has 0 spiro atoms. The Balaban J connectivity index is 1.85. The SMILES string of the molecule is COCCOc1ccc(C(=O)NC(=S)NNC(=O)c2cccs2)cc1Br. The van der Waals surface area contributed by atoms with Crippen LogP contribution in [-0.2, 0) is 4.74 Å². The summed E-state index contributed by atoms with van der Waals surface area (Å²) in [5, 5.41) is 4.25. The third-order valence-electron chi connectivity index (χ3n) is 3.00. The van der Waals surface area contributed by atoms with Crippen molar-refractivity contribution in [3.8, 4) is 5.75 Å². The molecule has 7 nitrogen and oxygen atoms in total. The van der Waals surface area contributed by atoms with E-state index in [0.29, 0.717) is 33.9 Å². The van der Waals surface area contributed by atoms with Crippen LogP contribution in [0.2, 0.25) is 0 Å². The van der Waals surface area contributed by atoms with Crippen molar-refractivity contribution in [2.75, 3.05) is 20.3 Å². The Kier molecular flexibility index (Phi) is 7.98. The van der Waals surface area contributed by atoms with E-state index in [0.717, 1.165) is 0 Å². The van der Waals surface area contributed by atoms with E-state index in [1.165, 1.54) is 11.3 Å². The molecule has 0 saturated carbocycles. The molecule has 2 rings (SSSR count). The molecule has 0 aliphatic carbocycles. The molecule has 0 aliphatic heterocycles. The van der Waals surface area contributed by atoms with Crippen molar-refractivity contribution in [2.24, 2.45) is 0 Å². The summed E-state index contributed by atoms with van der Waals surface area (Å²) in [6.07, 6.45) is 0. The van der Waals surface area contributed by atoms with Gasteiger partial charge in [0.25, 0.3) is 11.8 Å². The van der Waals surface area contributed by atoms with E-state index < -0.39 is 5.91 Å². The number of ether oxygens (including phenoxy) is 2. The maximum absolute atomic E-state index is 12.2. The third kappa shape index (κ3) is 6.06. The van der Waals surface area contributed by atoms with Crippen LogP contribution in [0.15, 0.2) is 40.2 Å². The van der Waals surface area contributed by atoms with Gasteiger partial charge in [-0.15, -0.1) is 11.3 Å². The van der Waals surface area contributed by atoms with E-state index in [9.17, 15) is 9.59 Å². The Hall–Kier alpha value is -2.01. The Morgan fingerprint density at radius 2 is 2.00 bits per heavy atom. The molecule has 0 bridgehead atoms. The highest BCUT2D eigenvalue weighted by molar-refractivity contribution is 9.10. The molecule has 138 valence electrons. The summed E-state index contributed by atoms with van der Waals surface area (Å²) >= 11 is 9.65. The molecular formula is C16H16BrN3O4S2. The van der Waals surface area contributed by atoms with Crippen molar-refractivity contribution in [1.29, 1.82) is 0 Å². The molecule has 3 N–H and O–H groups in total. The minimum absolute atomic E-state index is 0.0172. The Morgan fingerprint density at radius 1 is 1.19 bits per heavy atom. The number of halogens is 1. The predicted octanol–water partition coefficient (Wildman–Crippen LogP) is 2.49. The molecule has 0 saturated heterocycles. The lowest BCUT2D eigenvalue weighted by atomic mass is 10.2. The molecule has 10 heteroatoms.